The molecular weight excluding hydrogens is 416 g/mol. The molecule has 8 heteroatoms. The molecule has 0 heterocycles. The minimum atomic E-state index is -0.300. The number of nitrogens with one attached hydrogen (secondary N) is 1. The lowest BCUT2D eigenvalue weighted by molar-refractivity contribution is -0.121. The molecule has 0 aromatic heterocycles. The van der Waals surface area contributed by atoms with Crippen molar-refractivity contribution in [2.45, 2.75) is 20.3 Å². The minimum absolute atomic E-state index is 0.000340. The van der Waals surface area contributed by atoms with Crippen molar-refractivity contribution in [1.29, 1.82) is 5.26 Å². The first-order valence-corrected chi connectivity index (χ1v) is 10.2. The maximum atomic E-state index is 13.0. The van der Waals surface area contributed by atoms with Crippen LogP contribution in [0.2, 0.25) is 5.02 Å². The highest BCUT2D eigenvalue weighted by Crippen LogP contribution is 2.27. The number of anilines is 2. The normalized spacial score (nSPS) is 10.5. The molecule has 0 bridgehead atoms. The third-order valence-corrected chi connectivity index (χ3v) is 4.76. The van der Waals surface area contributed by atoms with Gasteiger partial charge in [0.05, 0.1) is 38.4 Å². The van der Waals surface area contributed by atoms with Crippen molar-refractivity contribution in [3.05, 3.63) is 52.5 Å². The fourth-order valence-electron chi connectivity index (χ4n) is 3.25. The first-order chi connectivity index (χ1) is 14.7. The molecule has 1 N–H and O–H groups in total. The van der Waals surface area contributed by atoms with Gasteiger partial charge in [-0.1, -0.05) is 17.7 Å². The molecule has 0 unspecified atom stereocenters. The minimum Gasteiger partial charge on any atom is -0.495 e. The van der Waals surface area contributed by atoms with Gasteiger partial charge in [0, 0.05) is 17.3 Å². The van der Waals surface area contributed by atoms with Crippen LogP contribution in [0.1, 0.15) is 17.5 Å². The van der Waals surface area contributed by atoms with Gasteiger partial charge in [-0.2, -0.15) is 5.26 Å². The monoisotopic (exact) mass is 442 g/mol. The van der Waals surface area contributed by atoms with Gasteiger partial charge >= 0.3 is 0 Å². The van der Waals surface area contributed by atoms with Gasteiger partial charge < -0.3 is 15.0 Å². The fraction of sp³-hybridized carbons (Fsp3) is 0.348. The molecule has 0 fully saturated rings. The second kappa shape index (κ2) is 11.3. The van der Waals surface area contributed by atoms with E-state index in [0.29, 0.717) is 16.5 Å². The molecule has 0 aliphatic heterocycles. The number of nitrogens with zero attached hydrogens (tertiary/aromatic N) is 3. The maximum Gasteiger partial charge on any atom is 0.241 e. The predicted octanol–water partition coefficient (Wildman–Crippen LogP) is 3.78. The fourth-order valence-corrected chi connectivity index (χ4v) is 3.42. The lowest BCUT2D eigenvalue weighted by atomic mass is 10.1. The summed E-state index contributed by atoms with van der Waals surface area (Å²) in [5.74, 6) is 0.00991. The Bertz CT molecular complexity index is 967. The second-order valence-corrected chi connectivity index (χ2v) is 7.80. The molecule has 0 saturated carbocycles. The molecule has 2 aromatic carbocycles. The van der Waals surface area contributed by atoms with E-state index in [4.69, 9.17) is 21.6 Å². The van der Waals surface area contributed by atoms with Gasteiger partial charge in [0.2, 0.25) is 11.8 Å². The average molecular weight is 443 g/mol. The molecule has 2 amide bonds. The van der Waals surface area contributed by atoms with Gasteiger partial charge in [-0.15, -0.1) is 0 Å². The molecule has 0 atom stereocenters. The van der Waals surface area contributed by atoms with Crippen LogP contribution in [0.3, 0.4) is 0 Å². The largest absolute Gasteiger partial charge is 0.495 e. The number of hydrogen-bond donors (Lipinski definition) is 1. The number of benzene rings is 2. The summed E-state index contributed by atoms with van der Waals surface area (Å²) >= 11 is 6.00. The molecule has 2 aromatic rings. The van der Waals surface area contributed by atoms with E-state index in [9.17, 15) is 9.59 Å². The number of ether oxygens (including phenoxy) is 1. The van der Waals surface area contributed by atoms with E-state index in [1.165, 1.54) is 7.11 Å². The van der Waals surface area contributed by atoms with E-state index in [0.717, 1.165) is 16.8 Å². The maximum absolute atomic E-state index is 13.0. The van der Waals surface area contributed by atoms with Crippen LogP contribution in [-0.4, -0.2) is 50.5 Å². The summed E-state index contributed by atoms with van der Waals surface area (Å²) in [6, 6.07) is 12.9. The Kier molecular flexibility index (Phi) is 8.86. The van der Waals surface area contributed by atoms with Gasteiger partial charge in [-0.25, -0.2) is 0 Å². The first-order valence-electron chi connectivity index (χ1n) is 9.81. The molecule has 0 saturated heterocycles. The van der Waals surface area contributed by atoms with Crippen molar-refractivity contribution in [2.24, 2.45) is 0 Å². The van der Waals surface area contributed by atoms with E-state index in [-0.39, 0.29) is 37.9 Å². The summed E-state index contributed by atoms with van der Waals surface area (Å²) in [5.41, 5.74) is 3.28. The zero-order valence-electron chi connectivity index (χ0n) is 18.2. The zero-order valence-corrected chi connectivity index (χ0v) is 19.0. The van der Waals surface area contributed by atoms with Gasteiger partial charge in [0.1, 0.15) is 5.75 Å². The van der Waals surface area contributed by atoms with E-state index in [2.05, 4.69) is 11.4 Å². The molecule has 2 rings (SSSR count). The Balaban J connectivity index is 2.05. The van der Waals surface area contributed by atoms with Crippen LogP contribution in [0.15, 0.2) is 36.4 Å². The van der Waals surface area contributed by atoms with Crippen LogP contribution in [0.25, 0.3) is 0 Å². The number of carbonyl (C=O) groups is 2. The number of nitriles is 1. The van der Waals surface area contributed by atoms with Crippen LogP contribution in [-0.2, 0) is 9.59 Å². The first kappa shape index (κ1) is 24.2. The third-order valence-electron chi connectivity index (χ3n) is 4.52. The van der Waals surface area contributed by atoms with Crippen molar-refractivity contribution in [3.8, 4) is 11.8 Å². The van der Waals surface area contributed by atoms with E-state index >= 15 is 0 Å². The third kappa shape index (κ3) is 7.28. The standard InChI is InChI=1S/C23H27ClN4O3/c1-16-10-17(2)12-19(11-16)28(9-5-8-25)23(30)15-27(3)14-22(29)26-20-13-18(24)6-7-21(20)31-4/h6-7,10-13H,5,9,14-15H2,1-4H3,(H,26,29). The highest BCUT2D eigenvalue weighted by molar-refractivity contribution is 6.31. The molecular formula is C23H27ClN4O3. The van der Waals surface area contributed by atoms with Crippen molar-refractivity contribution in [3.63, 3.8) is 0 Å². The number of rotatable bonds is 9. The Morgan fingerprint density at radius 3 is 2.42 bits per heavy atom. The Labute approximate surface area is 188 Å². The van der Waals surface area contributed by atoms with Crippen molar-refractivity contribution < 1.29 is 14.3 Å². The molecule has 0 spiro atoms. The summed E-state index contributed by atoms with van der Waals surface area (Å²) in [7, 11) is 3.20. The molecule has 0 aliphatic rings. The smallest absolute Gasteiger partial charge is 0.241 e. The Morgan fingerprint density at radius 2 is 1.81 bits per heavy atom. The molecule has 164 valence electrons. The number of aryl methyl sites for hydroxylation is 2. The van der Waals surface area contributed by atoms with E-state index in [1.54, 1.807) is 35.0 Å². The summed E-state index contributed by atoms with van der Waals surface area (Å²) < 4.78 is 5.23. The van der Waals surface area contributed by atoms with Crippen LogP contribution < -0.4 is 15.0 Å². The summed E-state index contributed by atoms with van der Waals surface area (Å²) in [5, 5.41) is 12.2. The summed E-state index contributed by atoms with van der Waals surface area (Å²) in [6.07, 6.45) is 0.220. The number of carbonyl (C=O) groups excluding carboxylic acids is 2. The van der Waals surface area contributed by atoms with Crippen LogP contribution >= 0.6 is 11.6 Å². The van der Waals surface area contributed by atoms with Gasteiger partial charge in [0.15, 0.2) is 0 Å². The topological polar surface area (TPSA) is 85.7 Å². The van der Waals surface area contributed by atoms with Gasteiger partial charge in [-0.3, -0.25) is 14.5 Å². The SMILES string of the molecule is COc1ccc(Cl)cc1NC(=O)CN(C)CC(=O)N(CCC#N)c1cc(C)cc(C)c1. The van der Waals surface area contributed by atoms with Crippen LogP contribution in [0, 0.1) is 25.2 Å². The number of amides is 2. The van der Waals surface area contributed by atoms with E-state index < -0.39 is 0 Å². The van der Waals surface area contributed by atoms with E-state index in [1.807, 2.05) is 32.0 Å². The number of methoxy groups -OCH3 is 1. The highest BCUT2D eigenvalue weighted by Gasteiger charge is 2.19. The number of hydrogen-bond acceptors (Lipinski definition) is 5. The average Bonchev–Trinajstić information content (AvgIpc) is 2.67. The highest BCUT2D eigenvalue weighted by atomic mass is 35.5. The van der Waals surface area contributed by atoms with Crippen molar-refractivity contribution >= 4 is 34.8 Å². The molecule has 7 nitrogen and oxygen atoms in total. The molecule has 0 radical (unpaired) electrons. The van der Waals surface area contributed by atoms with Crippen molar-refractivity contribution in [1.82, 2.24) is 4.90 Å². The Hall–Kier alpha value is -3.08. The van der Waals surface area contributed by atoms with Crippen LogP contribution in [0.5, 0.6) is 5.75 Å². The second-order valence-electron chi connectivity index (χ2n) is 7.36. The predicted molar refractivity (Wildman–Crippen MR) is 123 cm³/mol. The number of halogens is 1. The zero-order chi connectivity index (χ0) is 23.0. The van der Waals surface area contributed by atoms with Crippen molar-refractivity contribution in [2.75, 3.05) is 44.0 Å². The molecule has 0 aliphatic carbocycles. The number of likely N-dealkylation sites (N-methyl/N-ethyl adjacent to an activating group) is 1. The van der Waals surface area contributed by atoms with Crippen LogP contribution in [0.4, 0.5) is 11.4 Å². The molecule has 31 heavy (non-hydrogen) atoms. The Morgan fingerprint density at radius 1 is 1.13 bits per heavy atom. The summed E-state index contributed by atoms with van der Waals surface area (Å²) in [4.78, 5) is 28.7. The summed E-state index contributed by atoms with van der Waals surface area (Å²) in [6.45, 7) is 4.24. The quantitative estimate of drug-likeness (QED) is 0.638. The van der Waals surface area contributed by atoms with Gasteiger partial charge in [0.25, 0.3) is 0 Å². The lowest BCUT2D eigenvalue weighted by Crippen LogP contribution is -2.42. The lowest BCUT2D eigenvalue weighted by Gasteiger charge is -2.25. The van der Waals surface area contributed by atoms with Gasteiger partial charge in [-0.05, 0) is 62.4 Å².